The lowest BCUT2D eigenvalue weighted by Crippen LogP contribution is -2.70. The number of hydrogen-bond donors (Lipinski definition) is 2. The molecule has 2 heterocycles. The van der Waals surface area contributed by atoms with E-state index in [-0.39, 0.29) is 16.6 Å². The standard InChI is InChI=1S/C21H33N3/c1-19(2)12-21(13-20(3,4)23-19)14-22-17-10-15-8-6-7-9-16(15)11-18(17)24(21)5/h10-11,22-23H,6-9,12-14H2,1-5H3. The zero-order valence-electron chi connectivity index (χ0n) is 16.1. The minimum atomic E-state index is 0.156. The highest BCUT2D eigenvalue weighted by atomic mass is 15.3. The molecular weight excluding hydrogens is 294 g/mol. The van der Waals surface area contributed by atoms with Crippen molar-refractivity contribution < 1.29 is 0 Å². The van der Waals surface area contributed by atoms with Crippen LogP contribution in [0, 0.1) is 0 Å². The highest BCUT2D eigenvalue weighted by Crippen LogP contribution is 2.46. The van der Waals surface area contributed by atoms with Crippen LogP contribution in [0.3, 0.4) is 0 Å². The number of benzene rings is 1. The van der Waals surface area contributed by atoms with Crippen molar-refractivity contribution in [3.8, 4) is 0 Å². The van der Waals surface area contributed by atoms with Gasteiger partial charge in [-0.15, -0.1) is 0 Å². The third-order valence-electron chi connectivity index (χ3n) is 6.36. The minimum absolute atomic E-state index is 0.156. The summed E-state index contributed by atoms with van der Waals surface area (Å²) >= 11 is 0. The zero-order valence-corrected chi connectivity index (χ0v) is 16.1. The van der Waals surface area contributed by atoms with E-state index in [0.717, 1.165) is 6.54 Å². The van der Waals surface area contributed by atoms with E-state index in [1.54, 1.807) is 11.1 Å². The molecule has 1 aromatic rings. The highest BCUT2D eigenvalue weighted by Gasteiger charge is 2.51. The quantitative estimate of drug-likeness (QED) is 0.751. The number of nitrogens with one attached hydrogen (secondary N) is 2. The second-order valence-electron chi connectivity index (χ2n) is 9.73. The lowest BCUT2D eigenvalue weighted by molar-refractivity contribution is 0.107. The molecule has 3 heteroatoms. The molecule has 1 aromatic carbocycles. The first-order valence-electron chi connectivity index (χ1n) is 9.63. The fourth-order valence-electron chi connectivity index (χ4n) is 5.90. The van der Waals surface area contributed by atoms with Crippen molar-refractivity contribution in [2.75, 3.05) is 23.8 Å². The molecule has 0 atom stereocenters. The summed E-state index contributed by atoms with van der Waals surface area (Å²) in [6.07, 6.45) is 7.54. The van der Waals surface area contributed by atoms with Crippen LogP contribution in [0.5, 0.6) is 0 Å². The van der Waals surface area contributed by atoms with E-state index in [4.69, 9.17) is 0 Å². The number of rotatable bonds is 0. The Bertz CT molecular complexity index is 643. The Balaban J connectivity index is 1.74. The van der Waals surface area contributed by atoms with Crippen molar-refractivity contribution in [2.45, 2.75) is 82.8 Å². The first kappa shape index (κ1) is 16.3. The Morgan fingerprint density at radius 2 is 1.50 bits per heavy atom. The number of anilines is 2. The van der Waals surface area contributed by atoms with Gasteiger partial charge in [-0.25, -0.2) is 0 Å². The fraction of sp³-hybridized carbons (Fsp3) is 0.714. The third kappa shape index (κ3) is 2.61. The van der Waals surface area contributed by atoms with E-state index in [2.05, 4.69) is 62.4 Å². The first-order chi connectivity index (χ1) is 11.2. The number of hydrogen-bond acceptors (Lipinski definition) is 3. The van der Waals surface area contributed by atoms with Gasteiger partial charge in [0, 0.05) is 24.7 Å². The molecular formula is C21H33N3. The van der Waals surface area contributed by atoms with E-state index in [9.17, 15) is 0 Å². The first-order valence-corrected chi connectivity index (χ1v) is 9.63. The minimum Gasteiger partial charge on any atom is -0.381 e. The molecule has 1 spiro atoms. The molecule has 1 saturated heterocycles. The van der Waals surface area contributed by atoms with Crippen LogP contribution < -0.4 is 15.5 Å². The largest absolute Gasteiger partial charge is 0.381 e. The normalized spacial score (nSPS) is 26.5. The second kappa shape index (κ2) is 5.14. The Kier molecular flexibility index (Phi) is 3.48. The van der Waals surface area contributed by atoms with Crippen LogP contribution in [-0.2, 0) is 12.8 Å². The number of piperidine rings is 1. The summed E-state index contributed by atoms with van der Waals surface area (Å²) in [6, 6.07) is 4.92. The molecule has 24 heavy (non-hydrogen) atoms. The summed E-state index contributed by atoms with van der Waals surface area (Å²) in [4.78, 5) is 2.61. The van der Waals surface area contributed by atoms with Gasteiger partial charge >= 0.3 is 0 Å². The summed E-state index contributed by atoms with van der Waals surface area (Å²) in [5, 5.41) is 7.65. The van der Waals surface area contributed by atoms with Crippen molar-refractivity contribution in [3.63, 3.8) is 0 Å². The van der Waals surface area contributed by atoms with Crippen LogP contribution in [0.4, 0.5) is 11.4 Å². The monoisotopic (exact) mass is 327 g/mol. The van der Waals surface area contributed by atoms with Gasteiger partial charge in [0.2, 0.25) is 0 Å². The van der Waals surface area contributed by atoms with Crippen LogP contribution in [0.1, 0.15) is 64.5 Å². The molecule has 0 saturated carbocycles. The van der Waals surface area contributed by atoms with Gasteiger partial charge < -0.3 is 15.5 Å². The molecule has 0 aromatic heterocycles. The van der Waals surface area contributed by atoms with Crippen molar-refractivity contribution in [1.82, 2.24) is 5.32 Å². The van der Waals surface area contributed by atoms with Crippen molar-refractivity contribution in [1.29, 1.82) is 0 Å². The predicted octanol–water partition coefficient (Wildman–Crippen LogP) is 4.11. The maximum absolute atomic E-state index is 3.84. The molecule has 3 nitrogen and oxygen atoms in total. The van der Waals surface area contributed by atoms with Gasteiger partial charge in [-0.05, 0) is 89.5 Å². The highest BCUT2D eigenvalue weighted by molar-refractivity contribution is 5.76. The van der Waals surface area contributed by atoms with E-state index in [0.29, 0.717) is 0 Å². The number of fused-ring (bicyclic) bond motifs is 2. The van der Waals surface area contributed by atoms with Crippen LogP contribution in [0.15, 0.2) is 12.1 Å². The average molecular weight is 328 g/mol. The Morgan fingerprint density at radius 1 is 0.917 bits per heavy atom. The van der Waals surface area contributed by atoms with Gasteiger partial charge in [-0.2, -0.15) is 0 Å². The average Bonchev–Trinajstić information content (AvgIpc) is 2.47. The van der Waals surface area contributed by atoms with Crippen molar-refractivity contribution >= 4 is 11.4 Å². The zero-order chi connectivity index (χ0) is 17.2. The maximum atomic E-state index is 3.84. The molecule has 4 rings (SSSR count). The van der Waals surface area contributed by atoms with E-state index in [1.165, 1.54) is 49.9 Å². The summed E-state index contributed by atoms with van der Waals surface area (Å²) in [6.45, 7) is 10.5. The molecule has 0 unspecified atom stereocenters. The summed E-state index contributed by atoms with van der Waals surface area (Å²) in [7, 11) is 2.33. The van der Waals surface area contributed by atoms with Crippen LogP contribution >= 0.6 is 0 Å². The molecule has 3 aliphatic rings. The van der Waals surface area contributed by atoms with Crippen molar-refractivity contribution in [3.05, 3.63) is 23.3 Å². The van der Waals surface area contributed by atoms with Gasteiger partial charge in [0.1, 0.15) is 0 Å². The summed E-state index contributed by atoms with van der Waals surface area (Å²) in [5.74, 6) is 0. The number of nitrogens with zero attached hydrogens (tertiary/aromatic N) is 1. The number of likely N-dealkylation sites (N-methyl/N-ethyl adjacent to an activating group) is 1. The molecule has 1 aliphatic carbocycles. The lowest BCUT2D eigenvalue weighted by Gasteiger charge is -2.59. The molecule has 0 amide bonds. The van der Waals surface area contributed by atoms with Gasteiger partial charge in [0.05, 0.1) is 16.9 Å². The summed E-state index contributed by atoms with van der Waals surface area (Å²) < 4.78 is 0. The van der Waals surface area contributed by atoms with Crippen LogP contribution in [-0.4, -0.2) is 30.2 Å². The summed E-state index contributed by atoms with van der Waals surface area (Å²) in [5.41, 5.74) is 6.41. The lowest BCUT2D eigenvalue weighted by atomic mass is 9.69. The van der Waals surface area contributed by atoms with Gasteiger partial charge in [0.25, 0.3) is 0 Å². The number of aryl methyl sites for hydroxylation is 2. The van der Waals surface area contributed by atoms with Gasteiger partial charge in [-0.3, -0.25) is 0 Å². The SMILES string of the molecule is CN1c2cc3c(cc2NCC12CC(C)(C)NC(C)(C)C2)CCCC3. The molecule has 0 radical (unpaired) electrons. The predicted molar refractivity (Wildman–Crippen MR) is 103 cm³/mol. The molecule has 2 aliphatic heterocycles. The van der Waals surface area contributed by atoms with Crippen LogP contribution in [0.2, 0.25) is 0 Å². The van der Waals surface area contributed by atoms with Gasteiger partial charge in [-0.1, -0.05) is 0 Å². The smallest absolute Gasteiger partial charge is 0.0607 e. The van der Waals surface area contributed by atoms with Gasteiger partial charge in [0.15, 0.2) is 0 Å². The fourth-order valence-corrected chi connectivity index (χ4v) is 5.90. The third-order valence-corrected chi connectivity index (χ3v) is 6.36. The molecule has 0 bridgehead atoms. The molecule has 132 valence electrons. The van der Waals surface area contributed by atoms with Crippen molar-refractivity contribution in [2.24, 2.45) is 0 Å². The molecule has 2 N–H and O–H groups in total. The Morgan fingerprint density at radius 3 is 2.12 bits per heavy atom. The van der Waals surface area contributed by atoms with E-state index in [1.807, 2.05) is 0 Å². The maximum Gasteiger partial charge on any atom is 0.0607 e. The Hall–Kier alpha value is -1.22. The van der Waals surface area contributed by atoms with E-state index >= 15 is 0 Å². The van der Waals surface area contributed by atoms with Crippen LogP contribution in [0.25, 0.3) is 0 Å². The van der Waals surface area contributed by atoms with E-state index < -0.39 is 0 Å². The topological polar surface area (TPSA) is 27.3 Å². The molecule has 1 fully saturated rings. The second-order valence-corrected chi connectivity index (χ2v) is 9.73. The Labute approximate surface area is 147 Å².